The molecule has 1 atom stereocenters. The second-order valence-electron chi connectivity index (χ2n) is 4.82. The van der Waals surface area contributed by atoms with E-state index in [1.807, 2.05) is 12.1 Å². The van der Waals surface area contributed by atoms with Crippen molar-refractivity contribution in [3.63, 3.8) is 0 Å². The van der Waals surface area contributed by atoms with Crippen molar-refractivity contribution in [2.45, 2.75) is 19.3 Å². The number of hydrogen-bond donors (Lipinski definition) is 2. The molecule has 104 valence electrons. The summed E-state index contributed by atoms with van der Waals surface area (Å²) in [6.45, 7) is 2.41. The lowest BCUT2D eigenvalue weighted by atomic mass is 9.99. The van der Waals surface area contributed by atoms with E-state index < -0.39 is 0 Å². The van der Waals surface area contributed by atoms with Crippen molar-refractivity contribution in [2.75, 3.05) is 19.6 Å². The van der Waals surface area contributed by atoms with Crippen LogP contribution in [0.25, 0.3) is 0 Å². The maximum absolute atomic E-state index is 11.9. The van der Waals surface area contributed by atoms with Gasteiger partial charge in [-0.05, 0) is 43.5 Å². The molecule has 5 heteroatoms. The summed E-state index contributed by atoms with van der Waals surface area (Å²) in [4.78, 5) is 11.9. The lowest BCUT2D eigenvalue weighted by Crippen LogP contribution is -2.41. The highest BCUT2D eigenvalue weighted by molar-refractivity contribution is 6.35. The summed E-state index contributed by atoms with van der Waals surface area (Å²) < 4.78 is 0. The summed E-state index contributed by atoms with van der Waals surface area (Å²) in [7, 11) is 0. The van der Waals surface area contributed by atoms with E-state index >= 15 is 0 Å². The zero-order valence-corrected chi connectivity index (χ0v) is 12.2. The number of rotatable bonds is 4. The number of halogens is 2. The molecule has 0 spiro atoms. The highest BCUT2D eigenvalue weighted by atomic mass is 35.5. The van der Waals surface area contributed by atoms with Gasteiger partial charge in [0.05, 0.1) is 5.92 Å². The van der Waals surface area contributed by atoms with Crippen molar-refractivity contribution in [1.29, 1.82) is 0 Å². The minimum atomic E-state index is 0.106. The highest BCUT2D eigenvalue weighted by Gasteiger charge is 2.20. The van der Waals surface area contributed by atoms with E-state index in [9.17, 15) is 4.79 Å². The molecule has 1 aliphatic heterocycles. The lowest BCUT2D eigenvalue weighted by Gasteiger charge is -2.21. The number of nitrogens with one attached hydrogen (secondary N) is 2. The Balaban J connectivity index is 1.78. The smallest absolute Gasteiger partial charge is 0.224 e. The van der Waals surface area contributed by atoms with Crippen LogP contribution >= 0.6 is 23.2 Å². The molecule has 1 aromatic rings. The molecule has 1 unspecified atom stereocenters. The van der Waals surface area contributed by atoms with Crippen LogP contribution in [-0.4, -0.2) is 25.5 Å². The van der Waals surface area contributed by atoms with Gasteiger partial charge in [0.15, 0.2) is 0 Å². The third kappa shape index (κ3) is 4.37. The molecule has 1 aliphatic rings. The first-order valence-corrected chi connectivity index (χ1v) is 7.35. The van der Waals surface area contributed by atoms with Crippen molar-refractivity contribution in [2.24, 2.45) is 5.92 Å². The second-order valence-corrected chi connectivity index (χ2v) is 5.66. The zero-order chi connectivity index (χ0) is 13.7. The number of benzene rings is 1. The van der Waals surface area contributed by atoms with Gasteiger partial charge >= 0.3 is 0 Å². The third-order valence-corrected chi connectivity index (χ3v) is 3.96. The van der Waals surface area contributed by atoms with E-state index in [0.717, 1.165) is 37.9 Å². The Morgan fingerprint density at radius 2 is 2.26 bits per heavy atom. The first-order valence-electron chi connectivity index (χ1n) is 6.59. The van der Waals surface area contributed by atoms with E-state index in [-0.39, 0.29) is 11.8 Å². The van der Waals surface area contributed by atoms with Gasteiger partial charge in [-0.15, -0.1) is 0 Å². The van der Waals surface area contributed by atoms with Gasteiger partial charge in [0.1, 0.15) is 0 Å². The van der Waals surface area contributed by atoms with Gasteiger partial charge in [0, 0.05) is 23.1 Å². The van der Waals surface area contributed by atoms with E-state index in [1.165, 1.54) is 0 Å². The normalized spacial score (nSPS) is 19.2. The summed E-state index contributed by atoms with van der Waals surface area (Å²) >= 11 is 11.9. The standard InChI is InChI=1S/C14H18Cl2N2O/c15-12-4-3-10(13(16)8-12)5-7-18-14(19)11-2-1-6-17-9-11/h3-4,8,11,17H,1-2,5-7,9H2,(H,18,19). The summed E-state index contributed by atoms with van der Waals surface area (Å²) in [6, 6.07) is 5.44. The molecule has 2 N–H and O–H groups in total. The van der Waals surface area contributed by atoms with Crippen LogP contribution in [0.5, 0.6) is 0 Å². The predicted octanol–water partition coefficient (Wildman–Crippen LogP) is 2.65. The molecule has 1 fully saturated rings. The van der Waals surface area contributed by atoms with E-state index in [2.05, 4.69) is 10.6 Å². The van der Waals surface area contributed by atoms with Crippen molar-refractivity contribution < 1.29 is 4.79 Å². The fourth-order valence-electron chi connectivity index (χ4n) is 2.26. The minimum Gasteiger partial charge on any atom is -0.355 e. The maximum atomic E-state index is 11.9. The van der Waals surface area contributed by atoms with Gasteiger partial charge in [-0.25, -0.2) is 0 Å². The van der Waals surface area contributed by atoms with Crippen molar-refractivity contribution >= 4 is 29.1 Å². The molecule has 3 nitrogen and oxygen atoms in total. The van der Waals surface area contributed by atoms with Crippen LogP contribution in [0.15, 0.2) is 18.2 Å². The van der Waals surface area contributed by atoms with Crippen LogP contribution in [0.3, 0.4) is 0 Å². The maximum Gasteiger partial charge on any atom is 0.224 e. The largest absolute Gasteiger partial charge is 0.355 e. The van der Waals surface area contributed by atoms with E-state index in [0.29, 0.717) is 16.6 Å². The highest BCUT2D eigenvalue weighted by Crippen LogP contribution is 2.21. The summed E-state index contributed by atoms with van der Waals surface area (Å²) in [6.07, 6.45) is 2.77. The summed E-state index contributed by atoms with van der Waals surface area (Å²) in [5, 5.41) is 7.50. The Labute approximate surface area is 123 Å². The Bertz CT molecular complexity index is 445. The average molecular weight is 301 g/mol. The Kier molecular flexibility index (Phi) is 5.49. The number of piperidine rings is 1. The first-order chi connectivity index (χ1) is 9.16. The zero-order valence-electron chi connectivity index (χ0n) is 10.7. The monoisotopic (exact) mass is 300 g/mol. The van der Waals surface area contributed by atoms with Gasteiger partial charge in [-0.2, -0.15) is 0 Å². The number of carbonyl (C=O) groups is 1. The van der Waals surface area contributed by atoms with Crippen molar-refractivity contribution in [1.82, 2.24) is 10.6 Å². The number of hydrogen-bond acceptors (Lipinski definition) is 2. The molecule has 1 heterocycles. The van der Waals surface area contributed by atoms with Crippen LogP contribution in [0, 0.1) is 5.92 Å². The van der Waals surface area contributed by atoms with Crippen LogP contribution in [0.2, 0.25) is 10.0 Å². The summed E-state index contributed by atoms with van der Waals surface area (Å²) in [5.74, 6) is 0.242. The van der Waals surface area contributed by atoms with Crippen LogP contribution < -0.4 is 10.6 Å². The summed E-state index contributed by atoms with van der Waals surface area (Å²) in [5.41, 5.74) is 1.01. The molecular formula is C14H18Cl2N2O. The van der Waals surface area contributed by atoms with Crippen molar-refractivity contribution in [3.05, 3.63) is 33.8 Å². The molecule has 0 aliphatic carbocycles. The Morgan fingerprint density at radius 1 is 1.42 bits per heavy atom. The molecular weight excluding hydrogens is 283 g/mol. The van der Waals surface area contributed by atoms with E-state index in [1.54, 1.807) is 6.07 Å². The van der Waals surface area contributed by atoms with Gasteiger partial charge < -0.3 is 10.6 Å². The first kappa shape index (κ1) is 14.6. The molecule has 1 saturated heterocycles. The van der Waals surface area contributed by atoms with Crippen LogP contribution in [0.1, 0.15) is 18.4 Å². The molecule has 0 aromatic heterocycles. The second kappa shape index (κ2) is 7.13. The lowest BCUT2D eigenvalue weighted by molar-refractivity contribution is -0.125. The molecule has 0 saturated carbocycles. The minimum absolute atomic E-state index is 0.106. The van der Waals surface area contributed by atoms with Crippen molar-refractivity contribution in [3.8, 4) is 0 Å². The molecule has 19 heavy (non-hydrogen) atoms. The molecule has 1 amide bonds. The van der Waals surface area contributed by atoms with E-state index in [4.69, 9.17) is 23.2 Å². The Morgan fingerprint density at radius 3 is 2.95 bits per heavy atom. The van der Waals surface area contributed by atoms with Gasteiger partial charge in [0.25, 0.3) is 0 Å². The van der Waals surface area contributed by atoms with Gasteiger partial charge in [0.2, 0.25) is 5.91 Å². The molecule has 0 bridgehead atoms. The molecule has 0 radical (unpaired) electrons. The molecule has 2 rings (SSSR count). The number of carbonyl (C=O) groups excluding carboxylic acids is 1. The Hall–Kier alpha value is -0.770. The molecule has 1 aromatic carbocycles. The van der Waals surface area contributed by atoms with Crippen LogP contribution in [-0.2, 0) is 11.2 Å². The quantitative estimate of drug-likeness (QED) is 0.897. The third-order valence-electron chi connectivity index (χ3n) is 3.38. The number of amides is 1. The topological polar surface area (TPSA) is 41.1 Å². The SMILES string of the molecule is O=C(NCCc1ccc(Cl)cc1Cl)C1CCCNC1. The van der Waals surface area contributed by atoms with Crippen LogP contribution in [0.4, 0.5) is 0 Å². The average Bonchev–Trinajstić information content (AvgIpc) is 2.42. The fraction of sp³-hybridized carbons (Fsp3) is 0.500. The van der Waals surface area contributed by atoms with Gasteiger partial charge in [-0.3, -0.25) is 4.79 Å². The van der Waals surface area contributed by atoms with Gasteiger partial charge in [-0.1, -0.05) is 29.3 Å². The fourth-order valence-corrected chi connectivity index (χ4v) is 2.77. The predicted molar refractivity (Wildman–Crippen MR) is 78.8 cm³/mol.